The van der Waals surface area contributed by atoms with Crippen molar-refractivity contribution in [3.63, 3.8) is 0 Å². The van der Waals surface area contributed by atoms with E-state index in [0.29, 0.717) is 25.2 Å². The summed E-state index contributed by atoms with van der Waals surface area (Å²) in [6.45, 7) is 7.59. The fourth-order valence-electron chi connectivity index (χ4n) is 1.55. The van der Waals surface area contributed by atoms with E-state index in [-0.39, 0.29) is 6.42 Å². The summed E-state index contributed by atoms with van der Waals surface area (Å²) in [5.41, 5.74) is 0. The molecule has 0 aliphatic carbocycles. The topological polar surface area (TPSA) is 49.8 Å². The lowest BCUT2D eigenvalue weighted by molar-refractivity contribution is -0.138. The molecule has 1 aliphatic heterocycles. The van der Waals surface area contributed by atoms with Gasteiger partial charge in [-0.15, -0.1) is 0 Å². The first kappa shape index (κ1) is 11.5. The predicted molar refractivity (Wildman–Crippen MR) is 53.3 cm³/mol. The summed E-state index contributed by atoms with van der Waals surface area (Å²) in [4.78, 5) is 12.6. The van der Waals surface area contributed by atoms with Crippen molar-refractivity contribution in [3.8, 4) is 0 Å². The van der Waals surface area contributed by atoms with Crippen molar-refractivity contribution in [2.75, 3.05) is 26.3 Å². The zero-order valence-electron chi connectivity index (χ0n) is 8.90. The highest BCUT2D eigenvalue weighted by Gasteiger charge is 2.28. The molecule has 0 unspecified atom stereocenters. The molecule has 1 N–H and O–H groups in total. The summed E-state index contributed by atoms with van der Waals surface area (Å²) in [5.74, 6) is -0.186. The molecule has 4 heteroatoms. The maximum atomic E-state index is 10.2. The lowest BCUT2D eigenvalue weighted by Gasteiger charge is -2.41. The number of carbonyl (C=O) groups is 1. The lowest BCUT2D eigenvalue weighted by Crippen LogP contribution is -2.51. The van der Waals surface area contributed by atoms with Gasteiger partial charge >= 0.3 is 5.97 Å². The van der Waals surface area contributed by atoms with Crippen LogP contribution in [0.3, 0.4) is 0 Å². The minimum Gasteiger partial charge on any atom is -0.481 e. The Morgan fingerprint density at radius 3 is 2.71 bits per heavy atom. The Hall–Kier alpha value is -0.610. The van der Waals surface area contributed by atoms with E-state index in [2.05, 4.69) is 18.7 Å². The van der Waals surface area contributed by atoms with Crippen molar-refractivity contribution >= 4 is 5.97 Å². The molecule has 1 fully saturated rings. The number of nitrogens with zero attached hydrogens (tertiary/aromatic N) is 1. The molecule has 82 valence electrons. The summed E-state index contributed by atoms with van der Waals surface area (Å²) >= 11 is 0. The third kappa shape index (κ3) is 3.64. The standard InChI is InChI=1S/C10H19NO3/c1-8(2)11-5-9(6-11)7-14-4-3-10(12)13/h8-9H,3-7H2,1-2H3,(H,12,13). The average Bonchev–Trinajstić information content (AvgIpc) is 1.98. The van der Waals surface area contributed by atoms with E-state index in [9.17, 15) is 4.79 Å². The minimum atomic E-state index is -0.789. The van der Waals surface area contributed by atoms with Crippen molar-refractivity contribution in [3.05, 3.63) is 0 Å². The van der Waals surface area contributed by atoms with Gasteiger partial charge in [0.15, 0.2) is 0 Å². The van der Waals surface area contributed by atoms with Crippen LogP contribution in [0.4, 0.5) is 0 Å². The molecule has 0 amide bonds. The first-order valence-electron chi connectivity index (χ1n) is 5.13. The second-order valence-electron chi connectivity index (χ2n) is 4.13. The molecule has 0 saturated carbocycles. The van der Waals surface area contributed by atoms with Crippen molar-refractivity contribution in [1.29, 1.82) is 0 Å². The number of carboxylic acids is 1. The Labute approximate surface area is 84.8 Å². The molecule has 0 aromatic carbocycles. The molecule has 0 aromatic heterocycles. The highest BCUT2D eigenvalue weighted by molar-refractivity contribution is 5.66. The lowest BCUT2D eigenvalue weighted by atomic mass is 9.99. The minimum absolute atomic E-state index is 0.112. The molecular weight excluding hydrogens is 182 g/mol. The maximum absolute atomic E-state index is 10.2. The number of aliphatic carboxylic acids is 1. The highest BCUT2D eigenvalue weighted by atomic mass is 16.5. The zero-order chi connectivity index (χ0) is 10.6. The maximum Gasteiger partial charge on any atom is 0.305 e. The van der Waals surface area contributed by atoms with Gasteiger partial charge in [-0.2, -0.15) is 0 Å². The summed E-state index contributed by atoms with van der Waals surface area (Å²) in [7, 11) is 0. The van der Waals surface area contributed by atoms with Crippen molar-refractivity contribution in [1.82, 2.24) is 4.90 Å². The van der Waals surface area contributed by atoms with E-state index in [4.69, 9.17) is 9.84 Å². The zero-order valence-corrected chi connectivity index (χ0v) is 8.90. The number of carboxylic acid groups (broad SMARTS) is 1. The first-order chi connectivity index (χ1) is 6.59. The molecule has 0 bridgehead atoms. The fraction of sp³-hybridized carbons (Fsp3) is 0.900. The van der Waals surface area contributed by atoms with Crippen LogP contribution in [0, 0.1) is 5.92 Å². The van der Waals surface area contributed by atoms with Crippen LogP contribution in [0.5, 0.6) is 0 Å². The Bertz CT molecular complexity index is 188. The monoisotopic (exact) mass is 201 g/mol. The van der Waals surface area contributed by atoms with Crippen LogP contribution in [0.1, 0.15) is 20.3 Å². The number of hydrogen-bond acceptors (Lipinski definition) is 3. The fourth-order valence-corrected chi connectivity index (χ4v) is 1.55. The largest absolute Gasteiger partial charge is 0.481 e. The molecule has 4 nitrogen and oxygen atoms in total. The van der Waals surface area contributed by atoms with Crippen LogP contribution < -0.4 is 0 Å². The Morgan fingerprint density at radius 1 is 1.57 bits per heavy atom. The normalized spacial score (nSPS) is 18.5. The van der Waals surface area contributed by atoms with E-state index in [1.807, 2.05) is 0 Å². The van der Waals surface area contributed by atoms with Crippen LogP contribution in [0.15, 0.2) is 0 Å². The Balaban J connectivity index is 1.93. The van der Waals surface area contributed by atoms with E-state index >= 15 is 0 Å². The second-order valence-corrected chi connectivity index (χ2v) is 4.13. The smallest absolute Gasteiger partial charge is 0.305 e. The van der Waals surface area contributed by atoms with Crippen molar-refractivity contribution < 1.29 is 14.6 Å². The number of ether oxygens (including phenoxy) is 1. The van der Waals surface area contributed by atoms with E-state index in [0.717, 1.165) is 13.1 Å². The second kappa shape index (κ2) is 5.32. The highest BCUT2D eigenvalue weighted by Crippen LogP contribution is 2.18. The van der Waals surface area contributed by atoms with Crippen LogP contribution in [-0.2, 0) is 9.53 Å². The average molecular weight is 201 g/mol. The third-order valence-electron chi connectivity index (χ3n) is 2.53. The molecule has 0 aromatic rings. The van der Waals surface area contributed by atoms with Gasteiger partial charge in [0, 0.05) is 25.0 Å². The number of likely N-dealkylation sites (tertiary alicyclic amines) is 1. The number of hydrogen-bond donors (Lipinski definition) is 1. The van der Waals surface area contributed by atoms with Gasteiger partial charge in [-0.3, -0.25) is 4.79 Å². The van der Waals surface area contributed by atoms with E-state index in [1.165, 1.54) is 0 Å². The van der Waals surface area contributed by atoms with Crippen molar-refractivity contribution in [2.45, 2.75) is 26.3 Å². The molecule has 1 aliphatic rings. The van der Waals surface area contributed by atoms with Gasteiger partial charge in [0.1, 0.15) is 0 Å². The van der Waals surface area contributed by atoms with Gasteiger partial charge in [-0.1, -0.05) is 0 Å². The van der Waals surface area contributed by atoms with Gasteiger partial charge < -0.3 is 14.7 Å². The first-order valence-corrected chi connectivity index (χ1v) is 5.13. The summed E-state index contributed by atoms with van der Waals surface area (Å²) < 4.78 is 5.27. The molecule has 0 spiro atoms. The molecule has 0 radical (unpaired) electrons. The van der Waals surface area contributed by atoms with Gasteiger partial charge in [0.25, 0.3) is 0 Å². The third-order valence-corrected chi connectivity index (χ3v) is 2.53. The quantitative estimate of drug-likeness (QED) is 0.646. The Morgan fingerprint density at radius 2 is 2.21 bits per heavy atom. The van der Waals surface area contributed by atoms with Crippen molar-refractivity contribution in [2.24, 2.45) is 5.92 Å². The van der Waals surface area contributed by atoms with Gasteiger partial charge in [0.2, 0.25) is 0 Å². The number of rotatable bonds is 6. The van der Waals surface area contributed by atoms with Crippen LogP contribution in [0.2, 0.25) is 0 Å². The molecular formula is C10H19NO3. The summed E-state index contributed by atoms with van der Waals surface area (Å²) in [5, 5.41) is 8.38. The van der Waals surface area contributed by atoms with Crippen LogP contribution in [-0.4, -0.2) is 48.3 Å². The van der Waals surface area contributed by atoms with Gasteiger partial charge in [0.05, 0.1) is 19.6 Å². The molecule has 0 atom stereocenters. The Kier molecular flexibility index (Phi) is 4.35. The van der Waals surface area contributed by atoms with E-state index in [1.54, 1.807) is 0 Å². The molecule has 1 saturated heterocycles. The predicted octanol–water partition coefficient (Wildman–Crippen LogP) is 0.818. The van der Waals surface area contributed by atoms with Gasteiger partial charge in [-0.25, -0.2) is 0 Å². The summed E-state index contributed by atoms with van der Waals surface area (Å²) in [6.07, 6.45) is 0.112. The molecule has 1 rings (SSSR count). The SMILES string of the molecule is CC(C)N1CC(COCCC(=O)O)C1. The van der Waals surface area contributed by atoms with E-state index < -0.39 is 5.97 Å². The summed E-state index contributed by atoms with van der Waals surface area (Å²) in [6, 6.07) is 0.616. The van der Waals surface area contributed by atoms with Crippen LogP contribution >= 0.6 is 0 Å². The van der Waals surface area contributed by atoms with Crippen LogP contribution in [0.25, 0.3) is 0 Å². The molecule has 1 heterocycles. The van der Waals surface area contributed by atoms with Gasteiger partial charge in [-0.05, 0) is 13.8 Å². The molecule has 14 heavy (non-hydrogen) atoms.